The van der Waals surface area contributed by atoms with Crippen molar-refractivity contribution in [3.8, 4) is 17.2 Å². The minimum absolute atomic E-state index is 0.0662. The number of para-hydroxylation sites is 1. The fourth-order valence-corrected chi connectivity index (χ4v) is 5.73. The monoisotopic (exact) mass is 599 g/mol. The average Bonchev–Trinajstić information content (AvgIpc) is 3.26. The smallest absolute Gasteiger partial charge is 0.281 e. The van der Waals surface area contributed by atoms with Gasteiger partial charge in [0.15, 0.2) is 28.9 Å². The van der Waals surface area contributed by atoms with E-state index in [1.165, 1.54) is 18.1 Å². The van der Waals surface area contributed by atoms with Crippen LogP contribution in [0.1, 0.15) is 59.6 Å². The SMILES string of the molecule is COc1ccc(C2C3=C(CC(C)(C)CO3)Nc3c(O)cccc3N2C(=O)c2nc(C)oc2C)c(F)c1OCc1ccccc1. The second kappa shape index (κ2) is 11.3. The Hall–Kier alpha value is -4.99. The van der Waals surface area contributed by atoms with Gasteiger partial charge in [-0.25, -0.2) is 9.37 Å². The van der Waals surface area contributed by atoms with E-state index in [0.29, 0.717) is 47.5 Å². The first-order chi connectivity index (χ1) is 21.1. The van der Waals surface area contributed by atoms with Gasteiger partial charge in [-0.05, 0) is 43.2 Å². The number of benzene rings is 3. The summed E-state index contributed by atoms with van der Waals surface area (Å²) in [5, 5.41) is 14.4. The van der Waals surface area contributed by atoms with Gasteiger partial charge in [0.2, 0.25) is 0 Å². The zero-order valence-corrected chi connectivity index (χ0v) is 25.2. The molecule has 9 nitrogen and oxygen atoms in total. The Bertz CT molecular complexity index is 1760. The van der Waals surface area contributed by atoms with Gasteiger partial charge in [-0.3, -0.25) is 9.69 Å². The molecule has 2 N–H and O–H groups in total. The van der Waals surface area contributed by atoms with Crippen molar-refractivity contribution in [2.24, 2.45) is 5.41 Å². The van der Waals surface area contributed by atoms with E-state index in [1.807, 2.05) is 30.3 Å². The van der Waals surface area contributed by atoms with Crippen molar-refractivity contribution in [1.82, 2.24) is 4.98 Å². The van der Waals surface area contributed by atoms with Crippen LogP contribution in [0.5, 0.6) is 17.2 Å². The molecular formula is C34H34FN3O6. The summed E-state index contributed by atoms with van der Waals surface area (Å²) in [4.78, 5) is 20.3. The van der Waals surface area contributed by atoms with Gasteiger partial charge in [0, 0.05) is 17.9 Å². The summed E-state index contributed by atoms with van der Waals surface area (Å²) in [6.07, 6.45) is 0.520. The molecular weight excluding hydrogens is 565 g/mol. The van der Waals surface area contributed by atoms with E-state index < -0.39 is 17.8 Å². The molecule has 0 fully saturated rings. The van der Waals surface area contributed by atoms with Gasteiger partial charge in [0.05, 0.1) is 25.1 Å². The molecule has 2 aliphatic heterocycles. The van der Waals surface area contributed by atoms with E-state index in [1.54, 1.807) is 38.1 Å². The van der Waals surface area contributed by atoms with Crippen molar-refractivity contribution in [1.29, 1.82) is 0 Å². The van der Waals surface area contributed by atoms with Crippen LogP contribution in [-0.4, -0.2) is 29.7 Å². The van der Waals surface area contributed by atoms with Crippen LogP contribution in [0.25, 0.3) is 0 Å². The van der Waals surface area contributed by atoms with Crippen LogP contribution >= 0.6 is 0 Å². The first-order valence-electron chi connectivity index (χ1n) is 14.3. The van der Waals surface area contributed by atoms with E-state index in [9.17, 15) is 9.90 Å². The predicted octanol–water partition coefficient (Wildman–Crippen LogP) is 7.20. The lowest BCUT2D eigenvalue weighted by Crippen LogP contribution is -2.39. The van der Waals surface area contributed by atoms with Crippen molar-refractivity contribution in [2.45, 2.75) is 46.8 Å². The fraction of sp³-hybridized carbons (Fsp3) is 0.294. The topological polar surface area (TPSA) is 106 Å². The summed E-state index contributed by atoms with van der Waals surface area (Å²) >= 11 is 0. The molecule has 228 valence electrons. The molecule has 1 atom stereocenters. The maximum atomic E-state index is 16.9. The molecule has 0 saturated heterocycles. The van der Waals surface area contributed by atoms with Gasteiger partial charge in [-0.2, -0.15) is 0 Å². The number of carbonyl (C=O) groups excluding carboxylic acids is 1. The molecule has 3 heterocycles. The number of anilines is 2. The number of nitrogens with one attached hydrogen (secondary N) is 1. The van der Waals surface area contributed by atoms with Crippen molar-refractivity contribution in [2.75, 3.05) is 23.9 Å². The number of hydrogen-bond donors (Lipinski definition) is 2. The second-order valence-corrected chi connectivity index (χ2v) is 11.8. The molecule has 1 aromatic heterocycles. The molecule has 10 heteroatoms. The van der Waals surface area contributed by atoms with Crippen molar-refractivity contribution < 1.29 is 32.9 Å². The summed E-state index contributed by atoms with van der Waals surface area (Å²) in [5.41, 5.74) is 1.99. The van der Waals surface area contributed by atoms with E-state index >= 15 is 4.39 Å². The van der Waals surface area contributed by atoms with Gasteiger partial charge >= 0.3 is 0 Å². The van der Waals surface area contributed by atoms with Gasteiger partial charge < -0.3 is 29.1 Å². The van der Waals surface area contributed by atoms with Crippen LogP contribution in [0.3, 0.4) is 0 Å². The first kappa shape index (κ1) is 29.1. The molecule has 4 aromatic rings. The molecule has 0 spiro atoms. The highest BCUT2D eigenvalue weighted by atomic mass is 19.1. The van der Waals surface area contributed by atoms with Gasteiger partial charge in [-0.1, -0.05) is 50.2 Å². The third-order valence-electron chi connectivity index (χ3n) is 7.79. The average molecular weight is 600 g/mol. The number of amides is 1. The lowest BCUT2D eigenvalue weighted by molar-refractivity contribution is 0.0755. The van der Waals surface area contributed by atoms with Crippen LogP contribution in [0.4, 0.5) is 15.8 Å². The molecule has 44 heavy (non-hydrogen) atoms. The Morgan fingerprint density at radius 3 is 2.61 bits per heavy atom. The molecule has 0 bridgehead atoms. The number of aryl methyl sites for hydroxylation is 2. The summed E-state index contributed by atoms with van der Waals surface area (Å²) < 4.78 is 40.4. The number of methoxy groups -OCH3 is 1. The summed E-state index contributed by atoms with van der Waals surface area (Å²) in [5.74, 6) is -0.256. The predicted molar refractivity (Wildman–Crippen MR) is 162 cm³/mol. The number of allylic oxidation sites excluding steroid dienone is 1. The molecule has 1 amide bonds. The number of aromatic nitrogens is 1. The molecule has 0 aliphatic carbocycles. The number of phenolic OH excluding ortho intramolecular Hbond substituents is 1. The number of fused-ring (bicyclic) bond motifs is 1. The number of aromatic hydroxyl groups is 1. The fourth-order valence-electron chi connectivity index (χ4n) is 5.73. The van der Waals surface area contributed by atoms with E-state index in [0.717, 1.165) is 5.56 Å². The molecule has 3 aromatic carbocycles. The third-order valence-corrected chi connectivity index (χ3v) is 7.79. The number of carbonyl (C=O) groups is 1. The van der Waals surface area contributed by atoms with E-state index in [4.69, 9.17) is 18.6 Å². The number of ether oxygens (including phenoxy) is 3. The zero-order chi connectivity index (χ0) is 31.2. The number of nitrogens with zero attached hydrogens (tertiary/aromatic N) is 2. The minimum atomic E-state index is -1.11. The van der Waals surface area contributed by atoms with Crippen LogP contribution in [0.15, 0.2) is 76.5 Å². The second-order valence-electron chi connectivity index (χ2n) is 11.8. The maximum absolute atomic E-state index is 16.9. The van der Waals surface area contributed by atoms with Gasteiger partial charge in [-0.15, -0.1) is 0 Å². The number of phenols is 1. The standard InChI is InChI=1S/C34H34FN3O6/c1-19-28(36-20(2)44-19)33(40)38-24-12-9-13-25(39)29(24)37-23-16-34(3,4)18-43-31(23)30(38)22-14-15-26(41-5)32(27(22)35)42-17-21-10-7-6-8-11-21/h6-15,30,37,39H,16-18H2,1-5H3. The number of halogens is 1. The van der Waals surface area contributed by atoms with Crippen LogP contribution < -0.4 is 19.7 Å². The summed E-state index contributed by atoms with van der Waals surface area (Å²) in [6, 6.07) is 16.3. The van der Waals surface area contributed by atoms with Crippen molar-refractivity contribution in [3.05, 3.63) is 106 Å². The maximum Gasteiger partial charge on any atom is 0.281 e. The van der Waals surface area contributed by atoms with Crippen molar-refractivity contribution in [3.63, 3.8) is 0 Å². The molecule has 6 rings (SSSR count). The third kappa shape index (κ3) is 5.21. The lowest BCUT2D eigenvalue weighted by atomic mass is 9.85. The first-order valence-corrected chi connectivity index (χ1v) is 14.3. The molecule has 1 unspecified atom stereocenters. The summed E-state index contributed by atoms with van der Waals surface area (Å²) in [6.45, 7) is 7.83. The zero-order valence-electron chi connectivity index (χ0n) is 25.2. The minimum Gasteiger partial charge on any atom is -0.506 e. The quantitative estimate of drug-likeness (QED) is 0.224. The highest BCUT2D eigenvalue weighted by Crippen LogP contribution is 2.51. The van der Waals surface area contributed by atoms with Crippen molar-refractivity contribution >= 4 is 17.3 Å². The van der Waals surface area contributed by atoms with Crippen LogP contribution in [0, 0.1) is 25.1 Å². The normalized spacial score (nSPS) is 17.1. The Kier molecular flexibility index (Phi) is 7.44. The molecule has 2 aliphatic rings. The number of oxazole rings is 1. The Morgan fingerprint density at radius 1 is 1.14 bits per heavy atom. The van der Waals surface area contributed by atoms with E-state index in [2.05, 4.69) is 24.1 Å². The Morgan fingerprint density at radius 2 is 1.91 bits per heavy atom. The lowest BCUT2D eigenvalue weighted by Gasteiger charge is -2.38. The van der Waals surface area contributed by atoms with E-state index in [-0.39, 0.29) is 40.5 Å². The largest absolute Gasteiger partial charge is 0.506 e. The molecule has 0 saturated carbocycles. The molecule has 0 radical (unpaired) electrons. The van der Waals surface area contributed by atoms with Crippen LogP contribution in [0.2, 0.25) is 0 Å². The highest BCUT2D eigenvalue weighted by molar-refractivity contribution is 6.09. The highest BCUT2D eigenvalue weighted by Gasteiger charge is 2.44. The summed E-state index contributed by atoms with van der Waals surface area (Å²) in [7, 11) is 1.44. The number of rotatable bonds is 6. The Balaban J connectivity index is 1.58. The Labute approximate surface area is 254 Å². The van der Waals surface area contributed by atoms with Gasteiger partial charge in [0.25, 0.3) is 5.91 Å². The number of hydrogen-bond acceptors (Lipinski definition) is 8. The van der Waals surface area contributed by atoms with Crippen LogP contribution in [-0.2, 0) is 11.3 Å². The van der Waals surface area contributed by atoms with Gasteiger partial charge in [0.1, 0.15) is 35.6 Å².